The molecule has 0 aromatic rings. The molecule has 1 saturated heterocycles. The van der Waals surface area contributed by atoms with Gasteiger partial charge in [0.15, 0.2) is 0 Å². The molecule has 1 rings (SSSR count). The normalized spacial score (nSPS) is 22.8. The van der Waals surface area contributed by atoms with E-state index in [-0.39, 0.29) is 0 Å². The van der Waals surface area contributed by atoms with E-state index in [1.807, 2.05) is 19.9 Å². The Morgan fingerprint density at radius 1 is 1.36 bits per heavy atom. The molecule has 0 aromatic heterocycles. The molecular weight excluding hydrogens is 138 g/mol. The summed E-state index contributed by atoms with van der Waals surface area (Å²) in [5.41, 5.74) is 0.679. The summed E-state index contributed by atoms with van der Waals surface area (Å²) in [5.74, 6) is 0. The van der Waals surface area contributed by atoms with Crippen molar-refractivity contribution in [1.82, 2.24) is 5.32 Å². The summed E-state index contributed by atoms with van der Waals surface area (Å²) in [6.07, 6.45) is 3.67. The Hall–Kier alpha value is -0.340. The summed E-state index contributed by atoms with van der Waals surface area (Å²) in [4.78, 5) is 0. The molecule has 0 bridgehead atoms. The summed E-state index contributed by atoms with van der Waals surface area (Å²) in [6.45, 7) is 5.92. The van der Waals surface area contributed by atoms with Crippen molar-refractivity contribution in [2.45, 2.75) is 32.3 Å². The van der Waals surface area contributed by atoms with Gasteiger partial charge in [-0.25, -0.2) is 0 Å². The predicted octanol–water partition coefficient (Wildman–Crippen LogP) is 1.07. The average molecular weight is 155 g/mol. The lowest BCUT2D eigenvalue weighted by Gasteiger charge is -2.30. The van der Waals surface area contributed by atoms with Gasteiger partial charge < -0.3 is 10.4 Å². The van der Waals surface area contributed by atoms with E-state index in [0.717, 1.165) is 25.9 Å². The fourth-order valence-corrected chi connectivity index (χ4v) is 1.54. The lowest BCUT2D eigenvalue weighted by molar-refractivity contribution is 0.0574. The van der Waals surface area contributed by atoms with E-state index in [2.05, 4.69) is 5.32 Å². The highest BCUT2D eigenvalue weighted by Crippen LogP contribution is 2.20. The molecular formula is C9H17NO. The fraction of sp³-hybridized carbons (Fsp3) is 0.778. The van der Waals surface area contributed by atoms with Crippen LogP contribution in [0.1, 0.15) is 26.7 Å². The predicted molar refractivity (Wildman–Crippen MR) is 46.5 cm³/mol. The molecule has 64 valence electrons. The van der Waals surface area contributed by atoms with Crippen LogP contribution in [0.15, 0.2) is 11.6 Å². The van der Waals surface area contributed by atoms with Gasteiger partial charge in [-0.15, -0.1) is 0 Å². The second kappa shape index (κ2) is 3.37. The highest BCUT2D eigenvalue weighted by molar-refractivity contribution is 5.08. The van der Waals surface area contributed by atoms with Gasteiger partial charge in [-0.2, -0.15) is 0 Å². The molecule has 0 unspecified atom stereocenters. The Morgan fingerprint density at radius 2 is 1.91 bits per heavy atom. The smallest absolute Gasteiger partial charge is 0.0854 e. The van der Waals surface area contributed by atoms with Gasteiger partial charge in [-0.05, 0) is 39.8 Å². The number of hydrogen-bond donors (Lipinski definition) is 2. The maximum Gasteiger partial charge on any atom is 0.0854 e. The van der Waals surface area contributed by atoms with Crippen molar-refractivity contribution in [2.24, 2.45) is 0 Å². The highest BCUT2D eigenvalue weighted by atomic mass is 16.3. The molecule has 2 heteroatoms. The largest absolute Gasteiger partial charge is 0.386 e. The van der Waals surface area contributed by atoms with E-state index in [1.165, 1.54) is 5.57 Å². The summed E-state index contributed by atoms with van der Waals surface area (Å²) in [6, 6.07) is 0. The minimum absolute atomic E-state index is 0.524. The van der Waals surface area contributed by atoms with Crippen molar-refractivity contribution in [1.29, 1.82) is 0 Å². The van der Waals surface area contributed by atoms with Crippen molar-refractivity contribution < 1.29 is 5.11 Å². The van der Waals surface area contributed by atoms with Crippen molar-refractivity contribution in [3.8, 4) is 0 Å². The van der Waals surface area contributed by atoms with Crippen LogP contribution >= 0.6 is 0 Å². The molecule has 1 aliphatic rings. The van der Waals surface area contributed by atoms with E-state index in [9.17, 15) is 5.11 Å². The SMILES string of the molecule is CC(C)=CC1(O)CCNCC1. The number of hydrogen-bond acceptors (Lipinski definition) is 2. The number of rotatable bonds is 1. The van der Waals surface area contributed by atoms with Crippen LogP contribution in [0, 0.1) is 0 Å². The first-order chi connectivity index (χ1) is 5.12. The van der Waals surface area contributed by atoms with E-state index in [0.29, 0.717) is 0 Å². The summed E-state index contributed by atoms with van der Waals surface area (Å²) >= 11 is 0. The van der Waals surface area contributed by atoms with Gasteiger partial charge in [0.1, 0.15) is 0 Å². The van der Waals surface area contributed by atoms with Gasteiger partial charge in [0.25, 0.3) is 0 Å². The van der Waals surface area contributed by atoms with Crippen LogP contribution in [-0.4, -0.2) is 23.8 Å². The molecule has 0 radical (unpaired) electrons. The standard InChI is InChI=1S/C9H17NO/c1-8(2)7-9(11)3-5-10-6-4-9/h7,10-11H,3-6H2,1-2H3. The van der Waals surface area contributed by atoms with Crippen LogP contribution in [0.2, 0.25) is 0 Å². The Balaban J connectivity index is 2.57. The number of nitrogens with one attached hydrogen (secondary N) is 1. The lowest BCUT2D eigenvalue weighted by atomic mass is 9.91. The average Bonchev–Trinajstić information content (AvgIpc) is 1.85. The lowest BCUT2D eigenvalue weighted by Crippen LogP contribution is -2.40. The molecule has 0 aliphatic carbocycles. The van der Waals surface area contributed by atoms with E-state index in [1.54, 1.807) is 0 Å². The third-order valence-electron chi connectivity index (χ3n) is 2.03. The summed E-state index contributed by atoms with van der Waals surface area (Å²) in [5, 5.41) is 13.1. The highest BCUT2D eigenvalue weighted by Gasteiger charge is 2.25. The minimum atomic E-state index is -0.524. The molecule has 0 atom stereocenters. The van der Waals surface area contributed by atoms with E-state index < -0.39 is 5.60 Å². The molecule has 0 amide bonds. The zero-order chi connectivity index (χ0) is 8.32. The monoisotopic (exact) mass is 155 g/mol. The zero-order valence-corrected chi connectivity index (χ0v) is 7.35. The minimum Gasteiger partial charge on any atom is -0.386 e. The van der Waals surface area contributed by atoms with Crippen molar-refractivity contribution in [3.05, 3.63) is 11.6 Å². The van der Waals surface area contributed by atoms with E-state index >= 15 is 0 Å². The Labute approximate surface area is 68.3 Å². The third kappa shape index (κ3) is 2.64. The fourth-order valence-electron chi connectivity index (χ4n) is 1.54. The topological polar surface area (TPSA) is 32.3 Å². The quantitative estimate of drug-likeness (QED) is 0.555. The Morgan fingerprint density at radius 3 is 2.36 bits per heavy atom. The van der Waals surface area contributed by atoms with Crippen LogP contribution in [0.3, 0.4) is 0 Å². The molecule has 1 fully saturated rings. The zero-order valence-electron chi connectivity index (χ0n) is 7.35. The summed E-state index contributed by atoms with van der Waals surface area (Å²) < 4.78 is 0. The van der Waals surface area contributed by atoms with Crippen molar-refractivity contribution >= 4 is 0 Å². The summed E-state index contributed by atoms with van der Waals surface area (Å²) in [7, 11) is 0. The molecule has 11 heavy (non-hydrogen) atoms. The van der Waals surface area contributed by atoms with Crippen molar-refractivity contribution in [3.63, 3.8) is 0 Å². The molecule has 2 nitrogen and oxygen atoms in total. The third-order valence-corrected chi connectivity index (χ3v) is 2.03. The number of aliphatic hydroxyl groups is 1. The van der Waals surface area contributed by atoms with Gasteiger partial charge in [0.05, 0.1) is 5.60 Å². The van der Waals surface area contributed by atoms with Crippen LogP contribution in [0.25, 0.3) is 0 Å². The van der Waals surface area contributed by atoms with E-state index in [4.69, 9.17) is 0 Å². The molecule has 2 N–H and O–H groups in total. The number of allylic oxidation sites excluding steroid dienone is 1. The van der Waals surface area contributed by atoms with Crippen LogP contribution in [-0.2, 0) is 0 Å². The second-order valence-corrected chi connectivity index (χ2v) is 3.58. The van der Waals surface area contributed by atoms with Crippen LogP contribution in [0.5, 0.6) is 0 Å². The molecule has 0 spiro atoms. The Kier molecular flexibility index (Phi) is 2.68. The first-order valence-corrected chi connectivity index (χ1v) is 4.22. The van der Waals surface area contributed by atoms with Crippen molar-refractivity contribution in [2.75, 3.05) is 13.1 Å². The van der Waals surface area contributed by atoms with Gasteiger partial charge in [0.2, 0.25) is 0 Å². The first-order valence-electron chi connectivity index (χ1n) is 4.22. The van der Waals surface area contributed by atoms with Crippen LogP contribution < -0.4 is 5.32 Å². The van der Waals surface area contributed by atoms with Gasteiger partial charge in [-0.3, -0.25) is 0 Å². The molecule has 0 saturated carbocycles. The van der Waals surface area contributed by atoms with Gasteiger partial charge >= 0.3 is 0 Å². The van der Waals surface area contributed by atoms with Gasteiger partial charge in [-0.1, -0.05) is 11.6 Å². The van der Waals surface area contributed by atoms with Crippen LogP contribution in [0.4, 0.5) is 0 Å². The van der Waals surface area contributed by atoms with Gasteiger partial charge in [0, 0.05) is 0 Å². The first kappa shape index (κ1) is 8.75. The second-order valence-electron chi connectivity index (χ2n) is 3.58. The maximum atomic E-state index is 9.93. The Bertz CT molecular complexity index is 153. The maximum absolute atomic E-state index is 9.93. The molecule has 1 aliphatic heterocycles. The number of piperidine rings is 1. The molecule has 0 aromatic carbocycles. The molecule has 1 heterocycles.